The molecule has 3 aromatic rings. The molecule has 0 heterocycles. The van der Waals surface area contributed by atoms with Crippen LogP contribution in [0.4, 0.5) is 0 Å². The Balaban J connectivity index is 1.54. The number of benzene rings is 3. The predicted octanol–water partition coefficient (Wildman–Crippen LogP) is 6.02. The fourth-order valence-corrected chi connectivity index (χ4v) is 5.85. The van der Waals surface area contributed by atoms with Crippen molar-refractivity contribution in [3.05, 3.63) is 102 Å². The predicted molar refractivity (Wildman–Crippen MR) is 155 cm³/mol. The third-order valence-electron chi connectivity index (χ3n) is 7.03. The number of amides is 2. The lowest BCUT2D eigenvalue weighted by atomic mass is 10.0. The first kappa shape index (κ1) is 27.8. The number of hydrogen-bond donors (Lipinski definition) is 1. The van der Waals surface area contributed by atoms with Crippen molar-refractivity contribution in [3.8, 4) is 5.75 Å². The molecule has 0 spiro atoms. The van der Waals surface area contributed by atoms with Gasteiger partial charge in [-0.25, -0.2) is 0 Å². The van der Waals surface area contributed by atoms with Crippen LogP contribution >= 0.6 is 11.8 Å². The first-order chi connectivity index (χ1) is 18.6. The van der Waals surface area contributed by atoms with Crippen LogP contribution in [-0.2, 0) is 28.3 Å². The molecule has 38 heavy (non-hydrogen) atoms. The Morgan fingerprint density at radius 2 is 1.58 bits per heavy atom. The summed E-state index contributed by atoms with van der Waals surface area (Å²) in [5.41, 5.74) is 3.23. The van der Waals surface area contributed by atoms with Gasteiger partial charge in [-0.1, -0.05) is 85.6 Å². The van der Waals surface area contributed by atoms with Gasteiger partial charge >= 0.3 is 0 Å². The van der Waals surface area contributed by atoms with E-state index in [0.29, 0.717) is 25.1 Å². The van der Waals surface area contributed by atoms with Crippen LogP contribution in [0.3, 0.4) is 0 Å². The van der Waals surface area contributed by atoms with Crippen LogP contribution in [0.15, 0.2) is 84.9 Å². The summed E-state index contributed by atoms with van der Waals surface area (Å²) in [6, 6.07) is 27.6. The Morgan fingerprint density at radius 1 is 0.921 bits per heavy atom. The molecule has 0 radical (unpaired) electrons. The van der Waals surface area contributed by atoms with Crippen LogP contribution in [0, 0.1) is 0 Å². The maximum absolute atomic E-state index is 13.8. The zero-order valence-corrected chi connectivity index (χ0v) is 23.0. The zero-order chi connectivity index (χ0) is 26.6. The summed E-state index contributed by atoms with van der Waals surface area (Å²) in [7, 11) is 1.64. The SMILES string of the molecule is COc1cccc(CN(C(=O)CCSCc2ccccc2)C(Cc2ccccc2)C(=O)NC2CCCC2)c1. The highest BCUT2D eigenvalue weighted by molar-refractivity contribution is 7.98. The smallest absolute Gasteiger partial charge is 0.243 e. The molecule has 3 aromatic carbocycles. The van der Waals surface area contributed by atoms with E-state index in [1.54, 1.807) is 23.8 Å². The normalized spacial score (nSPS) is 14.1. The second-order valence-corrected chi connectivity index (χ2v) is 11.0. The van der Waals surface area contributed by atoms with Gasteiger partial charge in [-0.2, -0.15) is 11.8 Å². The first-order valence-electron chi connectivity index (χ1n) is 13.5. The van der Waals surface area contributed by atoms with E-state index >= 15 is 0 Å². The number of carbonyl (C=O) groups excluding carboxylic acids is 2. The van der Waals surface area contributed by atoms with Gasteiger partial charge in [-0.3, -0.25) is 9.59 Å². The Morgan fingerprint density at radius 3 is 2.26 bits per heavy atom. The highest BCUT2D eigenvalue weighted by atomic mass is 32.2. The van der Waals surface area contributed by atoms with Crippen LogP contribution in [-0.4, -0.2) is 41.7 Å². The fourth-order valence-electron chi connectivity index (χ4n) is 4.96. The third-order valence-corrected chi connectivity index (χ3v) is 8.06. The van der Waals surface area contributed by atoms with E-state index in [4.69, 9.17) is 4.74 Å². The number of rotatable bonds is 13. The lowest BCUT2D eigenvalue weighted by Crippen LogP contribution is -2.52. The van der Waals surface area contributed by atoms with Crippen molar-refractivity contribution >= 4 is 23.6 Å². The van der Waals surface area contributed by atoms with Gasteiger partial charge < -0.3 is 15.0 Å². The van der Waals surface area contributed by atoms with E-state index in [9.17, 15) is 9.59 Å². The van der Waals surface area contributed by atoms with E-state index in [1.807, 2.05) is 72.8 Å². The fraction of sp³-hybridized carbons (Fsp3) is 0.375. The molecule has 1 atom stereocenters. The summed E-state index contributed by atoms with van der Waals surface area (Å²) in [4.78, 5) is 29.3. The van der Waals surface area contributed by atoms with Gasteiger partial charge in [0.25, 0.3) is 0 Å². The first-order valence-corrected chi connectivity index (χ1v) is 14.7. The number of methoxy groups -OCH3 is 1. The van der Waals surface area contributed by atoms with E-state index in [0.717, 1.165) is 48.3 Å². The summed E-state index contributed by atoms with van der Waals surface area (Å²) in [5.74, 6) is 2.23. The Labute approximate surface area is 231 Å². The molecule has 5 nitrogen and oxygen atoms in total. The van der Waals surface area contributed by atoms with Gasteiger partial charge in [0.1, 0.15) is 11.8 Å². The molecule has 1 fully saturated rings. The zero-order valence-electron chi connectivity index (χ0n) is 22.2. The number of thioether (sulfide) groups is 1. The van der Waals surface area contributed by atoms with Gasteiger partial charge in [0, 0.05) is 36.9 Å². The summed E-state index contributed by atoms with van der Waals surface area (Å²) in [6.07, 6.45) is 5.14. The molecular formula is C32H38N2O3S. The highest BCUT2D eigenvalue weighted by Gasteiger charge is 2.32. The molecule has 1 aliphatic carbocycles. The highest BCUT2D eigenvalue weighted by Crippen LogP contribution is 2.22. The second-order valence-electron chi connectivity index (χ2n) is 9.86. The minimum absolute atomic E-state index is 0.00381. The lowest BCUT2D eigenvalue weighted by molar-refractivity contribution is -0.141. The van der Waals surface area contributed by atoms with Crippen molar-refractivity contribution in [3.63, 3.8) is 0 Å². The topological polar surface area (TPSA) is 58.6 Å². The number of hydrogen-bond acceptors (Lipinski definition) is 4. The van der Waals surface area contributed by atoms with Crippen molar-refractivity contribution in [2.24, 2.45) is 0 Å². The van der Waals surface area contributed by atoms with Crippen molar-refractivity contribution in [2.75, 3.05) is 12.9 Å². The minimum Gasteiger partial charge on any atom is -0.497 e. The summed E-state index contributed by atoms with van der Waals surface area (Å²) < 4.78 is 5.42. The van der Waals surface area contributed by atoms with Gasteiger partial charge in [0.2, 0.25) is 11.8 Å². The van der Waals surface area contributed by atoms with Crippen molar-refractivity contribution < 1.29 is 14.3 Å². The number of nitrogens with zero attached hydrogens (tertiary/aromatic N) is 1. The van der Waals surface area contributed by atoms with Crippen LogP contribution in [0.2, 0.25) is 0 Å². The van der Waals surface area contributed by atoms with Gasteiger partial charge in [-0.15, -0.1) is 0 Å². The third kappa shape index (κ3) is 8.38. The average molecular weight is 531 g/mol. The molecule has 1 unspecified atom stereocenters. The molecule has 200 valence electrons. The van der Waals surface area contributed by atoms with Crippen LogP contribution in [0.25, 0.3) is 0 Å². The van der Waals surface area contributed by atoms with Crippen LogP contribution in [0.5, 0.6) is 5.75 Å². The average Bonchev–Trinajstić information content (AvgIpc) is 3.47. The number of carbonyl (C=O) groups is 2. The standard InChI is InChI=1S/C32H38N2O3S/c1-37-29-18-10-15-27(21-29)23-34(31(35)19-20-38-24-26-13-6-3-7-14-26)30(22-25-11-4-2-5-12-25)32(36)33-28-16-8-9-17-28/h2-7,10-15,18,21,28,30H,8-9,16-17,19-20,22-24H2,1H3,(H,33,36). The summed E-state index contributed by atoms with van der Waals surface area (Å²) in [6.45, 7) is 0.356. The largest absolute Gasteiger partial charge is 0.497 e. The van der Waals surface area contributed by atoms with Gasteiger partial charge in [-0.05, 0) is 41.7 Å². The van der Waals surface area contributed by atoms with E-state index < -0.39 is 6.04 Å². The van der Waals surface area contributed by atoms with Gasteiger partial charge in [0.05, 0.1) is 7.11 Å². The Kier molecular flexibility index (Phi) is 10.7. The maximum Gasteiger partial charge on any atom is 0.243 e. The Hall–Kier alpha value is -3.25. The lowest BCUT2D eigenvalue weighted by Gasteiger charge is -2.32. The molecule has 0 aliphatic heterocycles. The monoisotopic (exact) mass is 530 g/mol. The molecule has 2 amide bonds. The minimum atomic E-state index is -0.587. The van der Waals surface area contributed by atoms with E-state index in [1.165, 1.54) is 5.56 Å². The molecule has 0 aromatic heterocycles. The molecule has 1 saturated carbocycles. The molecule has 4 rings (SSSR count). The van der Waals surface area contributed by atoms with Crippen molar-refractivity contribution in [1.29, 1.82) is 0 Å². The second kappa shape index (κ2) is 14.6. The Bertz CT molecular complexity index is 1150. The summed E-state index contributed by atoms with van der Waals surface area (Å²) in [5, 5.41) is 3.27. The molecule has 1 N–H and O–H groups in total. The maximum atomic E-state index is 13.8. The molecule has 0 saturated heterocycles. The van der Waals surface area contributed by atoms with Crippen molar-refractivity contribution in [2.45, 2.75) is 62.9 Å². The van der Waals surface area contributed by atoms with E-state index in [2.05, 4.69) is 17.4 Å². The van der Waals surface area contributed by atoms with Crippen LogP contribution in [0.1, 0.15) is 48.8 Å². The molecular weight excluding hydrogens is 492 g/mol. The summed E-state index contributed by atoms with van der Waals surface area (Å²) >= 11 is 1.75. The number of ether oxygens (including phenoxy) is 1. The van der Waals surface area contributed by atoms with E-state index in [-0.39, 0.29) is 17.9 Å². The molecule has 1 aliphatic rings. The van der Waals surface area contributed by atoms with Crippen LogP contribution < -0.4 is 10.1 Å². The van der Waals surface area contributed by atoms with Gasteiger partial charge in [0.15, 0.2) is 0 Å². The quantitative estimate of drug-likeness (QED) is 0.275. The number of nitrogens with one attached hydrogen (secondary N) is 1. The molecule has 6 heteroatoms. The van der Waals surface area contributed by atoms with Crippen molar-refractivity contribution in [1.82, 2.24) is 10.2 Å². The molecule has 0 bridgehead atoms.